The maximum atomic E-state index is 6.29. The molecule has 5 heteroatoms. The maximum Gasteiger partial charge on any atom is 0.152 e. The second kappa shape index (κ2) is 8.52. The number of para-hydroxylation sites is 1. The van der Waals surface area contributed by atoms with Crippen molar-refractivity contribution in [2.24, 2.45) is 0 Å². The Labute approximate surface area is 171 Å². The number of ether oxygens (including phenoxy) is 1. The van der Waals surface area contributed by atoms with E-state index in [1.54, 1.807) is 0 Å². The van der Waals surface area contributed by atoms with Crippen molar-refractivity contribution in [3.63, 3.8) is 0 Å². The van der Waals surface area contributed by atoms with Crippen LogP contribution >= 0.6 is 0 Å². The number of aromatic nitrogens is 3. The number of benzene rings is 2. The predicted molar refractivity (Wildman–Crippen MR) is 119 cm³/mol. The Bertz CT molecular complexity index is 1120. The first-order valence-corrected chi connectivity index (χ1v) is 10.5. The molecule has 0 spiro atoms. The van der Waals surface area contributed by atoms with Crippen molar-refractivity contribution in [1.29, 1.82) is 0 Å². The SMILES string of the molecule is CCCCc1nc2c(N)nc3ccccc3c2n1Cc1ccc(OCCC)cc1. The van der Waals surface area contributed by atoms with E-state index in [9.17, 15) is 0 Å². The van der Waals surface area contributed by atoms with E-state index in [1.807, 2.05) is 30.3 Å². The number of nitrogen functional groups attached to an aromatic ring is 1. The Morgan fingerprint density at radius 1 is 0.966 bits per heavy atom. The molecule has 29 heavy (non-hydrogen) atoms. The summed E-state index contributed by atoms with van der Waals surface area (Å²) in [6.45, 7) is 5.80. The van der Waals surface area contributed by atoms with Crippen molar-refractivity contribution in [3.8, 4) is 5.75 Å². The zero-order valence-electron chi connectivity index (χ0n) is 17.2. The normalized spacial score (nSPS) is 11.4. The van der Waals surface area contributed by atoms with Crippen molar-refractivity contribution in [1.82, 2.24) is 14.5 Å². The number of unbranched alkanes of at least 4 members (excludes halogenated alkanes) is 1. The predicted octanol–water partition coefficient (Wildman–Crippen LogP) is 5.35. The third kappa shape index (κ3) is 3.90. The van der Waals surface area contributed by atoms with Gasteiger partial charge in [-0.3, -0.25) is 0 Å². The molecule has 0 bridgehead atoms. The van der Waals surface area contributed by atoms with E-state index in [4.69, 9.17) is 15.5 Å². The van der Waals surface area contributed by atoms with E-state index < -0.39 is 0 Å². The Kier molecular flexibility index (Phi) is 5.65. The highest BCUT2D eigenvalue weighted by Gasteiger charge is 2.17. The molecule has 2 aromatic carbocycles. The summed E-state index contributed by atoms with van der Waals surface area (Å²) in [5.41, 5.74) is 10.3. The standard InChI is InChI=1S/C24H28N4O/c1-3-5-10-21-27-22-23(19-8-6-7-9-20(19)26-24(22)25)28(21)16-17-11-13-18(14-12-17)29-15-4-2/h6-9,11-14H,3-5,10,15-16H2,1-2H3,(H2,25,26). The van der Waals surface area contributed by atoms with Crippen LogP contribution in [-0.2, 0) is 13.0 Å². The highest BCUT2D eigenvalue weighted by atomic mass is 16.5. The van der Waals surface area contributed by atoms with Crippen LogP contribution in [0.2, 0.25) is 0 Å². The quantitative estimate of drug-likeness (QED) is 0.442. The lowest BCUT2D eigenvalue weighted by Gasteiger charge is -2.12. The van der Waals surface area contributed by atoms with Gasteiger partial charge in [-0.05, 0) is 36.6 Å². The zero-order valence-corrected chi connectivity index (χ0v) is 17.2. The third-order valence-corrected chi connectivity index (χ3v) is 5.18. The van der Waals surface area contributed by atoms with Crippen molar-refractivity contribution < 1.29 is 4.74 Å². The molecule has 0 atom stereocenters. The summed E-state index contributed by atoms with van der Waals surface area (Å²) >= 11 is 0. The van der Waals surface area contributed by atoms with Gasteiger partial charge in [0.05, 0.1) is 17.6 Å². The minimum atomic E-state index is 0.499. The molecule has 0 fully saturated rings. The van der Waals surface area contributed by atoms with Crippen LogP contribution in [0.3, 0.4) is 0 Å². The second-order valence-corrected chi connectivity index (χ2v) is 7.42. The summed E-state index contributed by atoms with van der Waals surface area (Å²) in [6, 6.07) is 16.5. The molecule has 4 aromatic rings. The molecule has 0 amide bonds. The molecule has 2 aromatic heterocycles. The van der Waals surface area contributed by atoms with E-state index in [2.05, 4.69) is 41.6 Å². The molecule has 150 valence electrons. The van der Waals surface area contributed by atoms with Crippen LogP contribution in [0.25, 0.3) is 21.9 Å². The lowest BCUT2D eigenvalue weighted by Crippen LogP contribution is -2.06. The van der Waals surface area contributed by atoms with Crippen molar-refractivity contribution in [2.75, 3.05) is 12.3 Å². The number of fused-ring (bicyclic) bond motifs is 3. The minimum absolute atomic E-state index is 0.499. The lowest BCUT2D eigenvalue weighted by atomic mass is 10.1. The third-order valence-electron chi connectivity index (χ3n) is 5.18. The summed E-state index contributed by atoms with van der Waals surface area (Å²) in [4.78, 5) is 9.48. The molecule has 0 aliphatic rings. The first-order chi connectivity index (χ1) is 14.2. The average molecular weight is 389 g/mol. The molecule has 2 N–H and O–H groups in total. The van der Waals surface area contributed by atoms with Crippen LogP contribution in [0.15, 0.2) is 48.5 Å². The number of nitrogens with two attached hydrogens (primary N) is 1. The summed E-state index contributed by atoms with van der Waals surface area (Å²) in [5.74, 6) is 2.48. The Morgan fingerprint density at radius 3 is 2.52 bits per heavy atom. The fraction of sp³-hybridized carbons (Fsp3) is 0.333. The fourth-order valence-corrected chi connectivity index (χ4v) is 3.69. The van der Waals surface area contributed by atoms with Crippen LogP contribution in [0, 0.1) is 0 Å². The van der Waals surface area contributed by atoms with Crippen LogP contribution in [0.4, 0.5) is 5.82 Å². The molecular weight excluding hydrogens is 360 g/mol. The van der Waals surface area contributed by atoms with Crippen LogP contribution in [-0.4, -0.2) is 21.1 Å². The number of rotatable bonds is 8. The smallest absolute Gasteiger partial charge is 0.152 e. The van der Waals surface area contributed by atoms with E-state index in [-0.39, 0.29) is 0 Å². The summed E-state index contributed by atoms with van der Waals surface area (Å²) in [6.07, 6.45) is 4.16. The van der Waals surface area contributed by atoms with Crippen molar-refractivity contribution in [2.45, 2.75) is 46.1 Å². The first-order valence-electron chi connectivity index (χ1n) is 10.5. The number of hydrogen-bond acceptors (Lipinski definition) is 4. The Hall–Kier alpha value is -3.08. The molecule has 5 nitrogen and oxygen atoms in total. The molecule has 2 heterocycles. The Balaban J connectivity index is 1.80. The van der Waals surface area contributed by atoms with Crippen LogP contribution in [0.1, 0.15) is 44.5 Å². The maximum absolute atomic E-state index is 6.29. The minimum Gasteiger partial charge on any atom is -0.494 e. The molecule has 0 unspecified atom stereocenters. The van der Waals surface area contributed by atoms with Gasteiger partial charge in [0.25, 0.3) is 0 Å². The number of anilines is 1. The van der Waals surface area contributed by atoms with E-state index >= 15 is 0 Å². The number of aryl methyl sites for hydroxylation is 1. The van der Waals surface area contributed by atoms with Gasteiger partial charge in [0.2, 0.25) is 0 Å². The number of nitrogens with zero attached hydrogens (tertiary/aromatic N) is 3. The van der Waals surface area contributed by atoms with Gasteiger partial charge < -0.3 is 15.0 Å². The van der Waals surface area contributed by atoms with Gasteiger partial charge in [-0.2, -0.15) is 0 Å². The largest absolute Gasteiger partial charge is 0.494 e. The molecule has 0 aliphatic heterocycles. The molecular formula is C24H28N4O. The summed E-state index contributed by atoms with van der Waals surface area (Å²) in [7, 11) is 0. The average Bonchev–Trinajstić information content (AvgIpc) is 3.11. The number of hydrogen-bond donors (Lipinski definition) is 1. The zero-order chi connectivity index (χ0) is 20.2. The number of imidazole rings is 1. The fourth-order valence-electron chi connectivity index (χ4n) is 3.69. The van der Waals surface area contributed by atoms with Gasteiger partial charge in [-0.15, -0.1) is 0 Å². The van der Waals surface area contributed by atoms with Crippen molar-refractivity contribution >= 4 is 27.8 Å². The molecule has 0 saturated heterocycles. The molecule has 0 radical (unpaired) electrons. The monoisotopic (exact) mass is 388 g/mol. The highest BCUT2D eigenvalue weighted by molar-refractivity contribution is 6.06. The second-order valence-electron chi connectivity index (χ2n) is 7.42. The van der Waals surface area contributed by atoms with Crippen LogP contribution < -0.4 is 10.5 Å². The summed E-state index contributed by atoms with van der Waals surface area (Å²) < 4.78 is 8.03. The van der Waals surface area contributed by atoms with Gasteiger partial charge in [0, 0.05) is 18.4 Å². The number of pyridine rings is 1. The molecule has 0 aliphatic carbocycles. The van der Waals surface area contributed by atoms with Gasteiger partial charge in [0.15, 0.2) is 5.82 Å². The Morgan fingerprint density at radius 2 is 1.76 bits per heavy atom. The van der Waals surface area contributed by atoms with E-state index in [1.165, 1.54) is 5.56 Å². The highest BCUT2D eigenvalue weighted by Crippen LogP contribution is 2.30. The van der Waals surface area contributed by atoms with E-state index in [0.29, 0.717) is 5.82 Å². The topological polar surface area (TPSA) is 66.0 Å². The molecule has 4 rings (SSSR count). The molecule has 0 saturated carbocycles. The van der Waals surface area contributed by atoms with Gasteiger partial charge in [0.1, 0.15) is 17.1 Å². The van der Waals surface area contributed by atoms with Crippen LogP contribution in [0.5, 0.6) is 5.75 Å². The lowest BCUT2D eigenvalue weighted by molar-refractivity contribution is 0.317. The first kappa shape index (κ1) is 19.2. The van der Waals surface area contributed by atoms with Crippen molar-refractivity contribution in [3.05, 3.63) is 59.9 Å². The summed E-state index contributed by atoms with van der Waals surface area (Å²) in [5, 5.41) is 1.09. The van der Waals surface area contributed by atoms with Gasteiger partial charge in [-0.1, -0.05) is 50.6 Å². The van der Waals surface area contributed by atoms with E-state index in [0.717, 1.165) is 72.3 Å². The van der Waals surface area contributed by atoms with Gasteiger partial charge >= 0.3 is 0 Å². The van der Waals surface area contributed by atoms with Gasteiger partial charge in [-0.25, -0.2) is 9.97 Å².